The van der Waals surface area contributed by atoms with Crippen LogP contribution in [-0.4, -0.2) is 71.6 Å². The largest absolute Gasteiger partial charge is 0.496 e. The van der Waals surface area contributed by atoms with E-state index in [1.54, 1.807) is 30.3 Å². The van der Waals surface area contributed by atoms with E-state index in [0.717, 1.165) is 57.9 Å². The molecule has 3 saturated carbocycles. The molecule has 272 valence electrons. The van der Waals surface area contributed by atoms with Crippen LogP contribution in [-0.2, 0) is 19.1 Å². The number of allylic oxidation sites excluding steroid dienone is 1. The Hall–Kier alpha value is -3.99. The van der Waals surface area contributed by atoms with Crippen molar-refractivity contribution in [2.75, 3.05) is 27.3 Å². The van der Waals surface area contributed by atoms with Gasteiger partial charge in [0.2, 0.25) is 11.8 Å². The summed E-state index contributed by atoms with van der Waals surface area (Å²) < 4.78 is 18.0. The van der Waals surface area contributed by atoms with Crippen LogP contribution in [0.5, 0.6) is 11.5 Å². The number of carbonyl (C=O) groups is 3. The monoisotopic (exact) mass is 714 g/mol. The number of pyridine rings is 1. The first kappa shape index (κ1) is 35.4. The first-order chi connectivity index (χ1) is 24.7. The predicted octanol–water partition coefficient (Wildman–Crippen LogP) is 7.13. The minimum atomic E-state index is -1.09. The summed E-state index contributed by atoms with van der Waals surface area (Å²) in [5.41, 5.74) is 2.12. The third-order valence-electron chi connectivity index (χ3n) is 11.4. The smallest absolute Gasteiger partial charge is 0.332 e. The second kappa shape index (κ2) is 14.9. The van der Waals surface area contributed by atoms with Crippen molar-refractivity contribution in [2.45, 2.75) is 102 Å². The second-order valence-corrected chi connectivity index (χ2v) is 15.7. The molecule has 1 unspecified atom stereocenters. The maximum absolute atomic E-state index is 14.2. The molecule has 4 aliphatic rings. The van der Waals surface area contributed by atoms with Crippen molar-refractivity contribution >= 4 is 40.0 Å². The molecule has 0 bridgehead atoms. The molecule has 0 saturated heterocycles. The number of carbonyl (C=O) groups excluding carboxylic acids is 3. The zero-order valence-electron chi connectivity index (χ0n) is 30.2. The van der Waals surface area contributed by atoms with Gasteiger partial charge in [-0.15, -0.1) is 11.3 Å². The topological polar surface area (TPSA) is 120 Å². The van der Waals surface area contributed by atoms with Crippen molar-refractivity contribution in [3.8, 4) is 22.9 Å². The fourth-order valence-corrected chi connectivity index (χ4v) is 9.37. The summed E-state index contributed by atoms with van der Waals surface area (Å²) in [7, 11) is 3.47. The first-order valence-electron chi connectivity index (χ1n) is 18.7. The van der Waals surface area contributed by atoms with Crippen LogP contribution in [0.25, 0.3) is 22.3 Å². The number of hydrogen-bond acceptors (Lipinski definition) is 9. The van der Waals surface area contributed by atoms with Gasteiger partial charge in [-0.1, -0.05) is 31.4 Å². The molecule has 3 aromatic rings. The standard InChI is InChI=1S/C40H50N4O6S/c1-5-49-39(47)40-22-26(40)15-11-6-7-12-18-44(3)38(46)30-20-27(19-29(30)36(45)43-40)50-34-21-31(41-35-24(2)33(48-4)17-16-28(34)35)32-23-51-37(42-32)25-13-9-8-10-14-25/h11,15-17,21,23,25-27,29-30H,5-10,12-14,18-20,22H2,1-4H3,(H,43,45)/b15-11-/t26-,27-,29-,30?,40-/m1/s1. The number of rotatable bonds is 7. The molecule has 1 aliphatic heterocycles. The van der Waals surface area contributed by atoms with E-state index in [2.05, 4.69) is 16.8 Å². The molecule has 3 aliphatic carbocycles. The van der Waals surface area contributed by atoms with Gasteiger partial charge < -0.3 is 24.4 Å². The number of hydrogen-bond donors (Lipinski definition) is 1. The number of methoxy groups -OCH3 is 1. The third kappa shape index (κ3) is 7.10. The molecule has 3 fully saturated rings. The van der Waals surface area contributed by atoms with Gasteiger partial charge in [0.15, 0.2) is 0 Å². The Labute approximate surface area is 304 Å². The molecule has 1 aromatic carbocycles. The molecular formula is C40H50N4O6S. The van der Waals surface area contributed by atoms with Gasteiger partial charge in [-0.2, -0.15) is 0 Å². The number of benzene rings is 1. The summed E-state index contributed by atoms with van der Waals surface area (Å²) in [4.78, 5) is 53.3. The lowest BCUT2D eigenvalue weighted by Gasteiger charge is -2.26. The molecule has 0 spiro atoms. The van der Waals surface area contributed by atoms with Crippen molar-refractivity contribution in [2.24, 2.45) is 17.8 Å². The highest BCUT2D eigenvalue weighted by atomic mass is 32.1. The molecule has 2 amide bonds. The van der Waals surface area contributed by atoms with E-state index in [0.29, 0.717) is 37.5 Å². The van der Waals surface area contributed by atoms with Crippen LogP contribution in [0.1, 0.15) is 94.0 Å². The minimum Gasteiger partial charge on any atom is -0.496 e. The van der Waals surface area contributed by atoms with Gasteiger partial charge in [-0.25, -0.2) is 14.8 Å². The second-order valence-electron chi connectivity index (χ2n) is 14.8. The summed E-state index contributed by atoms with van der Waals surface area (Å²) in [6.45, 7) is 4.61. The molecule has 7 rings (SSSR count). The summed E-state index contributed by atoms with van der Waals surface area (Å²) in [6.07, 6.45) is 13.7. The lowest BCUT2D eigenvalue weighted by Crippen LogP contribution is -2.50. The summed E-state index contributed by atoms with van der Waals surface area (Å²) >= 11 is 1.70. The van der Waals surface area contributed by atoms with Crippen molar-refractivity contribution in [1.29, 1.82) is 0 Å². The average Bonchev–Trinajstić information content (AvgIpc) is 3.43. The fraction of sp³-hybridized carbons (Fsp3) is 0.575. The Morgan fingerprint density at radius 3 is 2.63 bits per heavy atom. The zero-order chi connectivity index (χ0) is 35.7. The molecule has 10 nitrogen and oxygen atoms in total. The number of esters is 1. The Balaban J connectivity index is 1.21. The van der Waals surface area contributed by atoms with E-state index >= 15 is 0 Å². The SMILES string of the molecule is CCOC(=O)[C@@]12C[C@H]1/C=C\CCCCN(C)C(=O)C1C[C@H](Oc3cc(-c4csc(C5CCCCC5)n4)nc4c(C)c(OC)ccc34)C[C@H]1C(=O)N2. The highest BCUT2D eigenvalue weighted by Crippen LogP contribution is 2.47. The Bertz CT molecular complexity index is 1820. The van der Waals surface area contributed by atoms with E-state index in [-0.39, 0.29) is 24.3 Å². The van der Waals surface area contributed by atoms with Crippen LogP contribution in [0, 0.1) is 24.7 Å². The number of thiazole rings is 1. The van der Waals surface area contributed by atoms with Gasteiger partial charge in [0.1, 0.15) is 23.1 Å². The average molecular weight is 715 g/mol. The van der Waals surface area contributed by atoms with Crippen LogP contribution >= 0.6 is 11.3 Å². The van der Waals surface area contributed by atoms with Crippen LogP contribution in [0.2, 0.25) is 0 Å². The molecule has 3 heterocycles. The number of nitrogens with one attached hydrogen (secondary N) is 1. The Morgan fingerprint density at radius 2 is 1.84 bits per heavy atom. The third-order valence-corrected chi connectivity index (χ3v) is 12.4. The lowest BCUT2D eigenvalue weighted by molar-refractivity contribution is -0.150. The van der Waals surface area contributed by atoms with Crippen LogP contribution in [0.4, 0.5) is 0 Å². The van der Waals surface area contributed by atoms with Crippen molar-refractivity contribution < 1.29 is 28.6 Å². The number of aromatic nitrogens is 2. The van der Waals surface area contributed by atoms with Gasteiger partial charge in [-0.3, -0.25) is 9.59 Å². The van der Waals surface area contributed by atoms with Crippen LogP contribution in [0.3, 0.4) is 0 Å². The molecule has 5 atom stereocenters. The molecule has 11 heteroatoms. The summed E-state index contributed by atoms with van der Waals surface area (Å²) in [5.74, 6) is -0.277. The normalized spacial score (nSPS) is 28.0. The summed E-state index contributed by atoms with van der Waals surface area (Å²) in [5, 5.41) is 7.17. The molecular weight excluding hydrogens is 665 g/mol. The van der Waals surface area contributed by atoms with Crippen molar-refractivity contribution in [3.05, 3.63) is 46.3 Å². The van der Waals surface area contributed by atoms with E-state index in [4.69, 9.17) is 24.2 Å². The van der Waals surface area contributed by atoms with Gasteiger partial charge in [0.25, 0.3) is 0 Å². The number of amides is 2. The molecule has 2 aromatic heterocycles. The van der Waals surface area contributed by atoms with Crippen LogP contribution in [0.15, 0.2) is 35.7 Å². The quantitative estimate of drug-likeness (QED) is 0.203. The number of fused-ring (bicyclic) bond motifs is 3. The van der Waals surface area contributed by atoms with E-state index in [1.807, 2.05) is 38.2 Å². The Kier molecular flexibility index (Phi) is 10.4. The summed E-state index contributed by atoms with van der Waals surface area (Å²) in [6, 6.07) is 5.84. The maximum atomic E-state index is 14.2. The number of aryl methyl sites for hydroxylation is 1. The zero-order valence-corrected chi connectivity index (χ0v) is 31.1. The van der Waals surface area contributed by atoms with Crippen molar-refractivity contribution in [3.63, 3.8) is 0 Å². The van der Waals surface area contributed by atoms with Gasteiger partial charge in [0, 0.05) is 47.8 Å². The van der Waals surface area contributed by atoms with Crippen molar-refractivity contribution in [1.82, 2.24) is 20.2 Å². The number of nitrogens with zero attached hydrogens (tertiary/aromatic N) is 3. The van der Waals surface area contributed by atoms with E-state index in [9.17, 15) is 14.4 Å². The predicted molar refractivity (Wildman–Crippen MR) is 197 cm³/mol. The minimum absolute atomic E-state index is 0.0649. The maximum Gasteiger partial charge on any atom is 0.332 e. The fourth-order valence-electron chi connectivity index (χ4n) is 8.39. The Morgan fingerprint density at radius 1 is 1.04 bits per heavy atom. The van der Waals surface area contributed by atoms with E-state index in [1.165, 1.54) is 32.1 Å². The lowest BCUT2D eigenvalue weighted by atomic mass is 9.90. The molecule has 1 N–H and O–H groups in total. The van der Waals surface area contributed by atoms with Gasteiger partial charge in [-0.05, 0) is 77.3 Å². The number of ether oxygens (including phenoxy) is 3. The molecule has 0 radical (unpaired) electrons. The van der Waals surface area contributed by atoms with Crippen LogP contribution < -0.4 is 14.8 Å². The van der Waals surface area contributed by atoms with Gasteiger partial charge in [0.05, 0.1) is 47.5 Å². The molecule has 51 heavy (non-hydrogen) atoms. The first-order valence-corrected chi connectivity index (χ1v) is 19.6. The van der Waals surface area contributed by atoms with E-state index < -0.39 is 29.4 Å². The highest BCUT2D eigenvalue weighted by molar-refractivity contribution is 7.10. The highest BCUT2D eigenvalue weighted by Gasteiger charge is 2.62. The van der Waals surface area contributed by atoms with Gasteiger partial charge >= 0.3 is 5.97 Å².